The largest absolute Gasteiger partial charge is 0.478 e. The van der Waals surface area contributed by atoms with Crippen LogP contribution in [0.3, 0.4) is 0 Å². The van der Waals surface area contributed by atoms with Crippen molar-refractivity contribution < 1.29 is 9.90 Å². The molecule has 0 fully saturated rings. The van der Waals surface area contributed by atoms with Gasteiger partial charge in [-0.2, -0.15) is 0 Å². The summed E-state index contributed by atoms with van der Waals surface area (Å²) in [7, 11) is 0. The predicted octanol–water partition coefficient (Wildman–Crippen LogP) is 3.22. The number of halogens is 1. The molecule has 1 aromatic rings. The molecule has 0 aromatic heterocycles. The van der Waals surface area contributed by atoms with Gasteiger partial charge in [0.05, 0.1) is 0 Å². The fourth-order valence-corrected chi connectivity index (χ4v) is 1.29. The Balaban J connectivity index is 3.07. The summed E-state index contributed by atoms with van der Waals surface area (Å²) in [6.45, 7) is 1.80. The van der Waals surface area contributed by atoms with Crippen molar-refractivity contribution in [3.05, 3.63) is 40.4 Å². The van der Waals surface area contributed by atoms with Gasteiger partial charge in [0, 0.05) is 10.6 Å². The van der Waals surface area contributed by atoms with E-state index >= 15 is 0 Å². The second-order valence-corrected chi connectivity index (χ2v) is 3.26. The van der Waals surface area contributed by atoms with E-state index in [1.165, 1.54) is 0 Å². The highest BCUT2D eigenvalue weighted by molar-refractivity contribution is 6.32. The van der Waals surface area contributed by atoms with Crippen molar-refractivity contribution >= 4 is 23.6 Å². The minimum atomic E-state index is -0.896. The lowest BCUT2D eigenvalue weighted by Crippen LogP contribution is -1.98. The molecule has 0 aliphatic carbocycles. The van der Waals surface area contributed by atoms with E-state index in [1.807, 2.05) is 12.1 Å². The van der Waals surface area contributed by atoms with Gasteiger partial charge in [-0.3, -0.25) is 0 Å². The van der Waals surface area contributed by atoms with Crippen LogP contribution in [0.5, 0.6) is 0 Å². The molecular weight excluding hydrogens is 200 g/mol. The molecule has 1 N–H and O–H groups in total. The van der Waals surface area contributed by atoms with Gasteiger partial charge in [0.1, 0.15) is 0 Å². The van der Waals surface area contributed by atoms with Crippen LogP contribution in [-0.2, 0) is 4.79 Å². The smallest absolute Gasteiger partial charge is 0.331 e. The van der Waals surface area contributed by atoms with E-state index in [0.29, 0.717) is 17.0 Å². The van der Waals surface area contributed by atoms with Crippen LogP contribution in [0.1, 0.15) is 18.9 Å². The van der Waals surface area contributed by atoms with E-state index in [4.69, 9.17) is 16.7 Å². The van der Waals surface area contributed by atoms with Gasteiger partial charge in [-0.05, 0) is 24.1 Å². The number of carboxylic acid groups (broad SMARTS) is 1. The fraction of sp³-hybridized carbons (Fsp3) is 0.182. The SMILES string of the molecule is CC/C(=C\c1ccccc1Cl)C(=O)O. The Labute approximate surface area is 87.8 Å². The Kier molecular flexibility index (Phi) is 3.72. The highest BCUT2D eigenvalue weighted by Crippen LogP contribution is 2.19. The minimum absolute atomic E-state index is 0.359. The summed E-state index contributed by atoms with van der Waals surface area (Å²) in [6, 6.07) is 7.17. The first-order valence-electron chi connectivity index (χ1n) is 4.33. The predicted molar refractivity (Wildman–Crippen MR) is 57.4 cm³/mol. The van der Waals surface area contributed by atoms with Crippen LogP contribution in [0, 0.1) is 0 Å². The van der Waals surface area contributed by atoms with Crippen LogP contribution in [0.2, 0.25) is 5.02 Å². The molecule has 3 heteroatoms. The number of hydrogen-bond donors (Lipinski definition) is 1. The van der Waals surface area contributed by atoms with E-state index < -0.39 is 5.97 Å². The van der Waals surface area contributed by atoms with Crippen LogP contribution >= 0.6 is 11.6 Å². The van der Waals surface area contributed by atoms with E-state index in [2.05, 4.69) is 0 Å². The molecule has 0 unspecified atom stereocenters. The lowest BCUT2D eigenvalue weighted by Gasteiger charge is -2.00. The summed E-state index contributed by atoms with van der Waals surface area (Å²) >= 11 is 5.89. The zero-order chi connectivity index (χ0) is 10.6. The first-order chi connectivity index (χ1) is 6.65. The van der Waals surface area contributed by atoms with Crippen molar-refractivity contribution in [2.75, 3.05) is 0 Å². The molecule has 0 bridgehead atoms. The molecule has 0 radical (unpaired) electrons. The molecule has 0 aliphatic heterocycles. The van der Waals surface area contributed by atoms with Gasteiger partial charge in [0.25, 0.3) is 0 Å². The molecule has 14 heavy (non-hydrogen) atoms. The number of hydrogen-bond acceptors (Lipinski definition) is 1. The van der Waals surface area contributed by atoms with Crippen molar-refractivity contribution in [1.29, 1.82) is 0 Å². The van der Waals surface area contributed by atoms with Crippen LogP contribution < -0.4 is 0 Å². The van der Waals surface area contributed by atoms with Crippen molar-refractivity contribution in [3.63, 3.8) is 0 Å². The molecule has 74 valence electrons. The van der Waals surface area contributed by atoms with Gasteiger partial charge >= 0.3 is 5.97 Å². The molecule has 0 amide bonds. The topological polar surface area (TPSA) is 37.3 Å². The quantitative estimate of drug-likeness (QED) is 0.778. The van der Waals surface area contributed by atoms with E-state index in [0.717, 1.165) is 5.56 Å². The molecule has 1 aromatic carbocycles. The molecule has 0 heterocycles. The summed E-state index contributed by atoms with van der Waals surface area (Å²) in [5.74, 6) is -0.896. The first-order valence-corrected chi connectivity index (χ1v) is 4.71. The maximum absolute atomic E-state index is 10.7. The summed E-state index contributed by atoms with van der Waals surface area (Å²) in [4.78, 5) is 10.7. The van der Waals surface area contributed by atoms with Gasteiger partial charge in [-0.15, -0.1) is 0 Å². The zero-order valence-corrected chi connectivity index (χ0v) is 8.58. The van der Waals surface area contributed by atoms with Crippen molar-refractivity contribution in [2.45, 2.75) is 13.3 Å². The normalized spacial score (nSPS) is 11.4. The zero-order valence-electron chi connectivity index (χ0n) is 7.83. The Morgan fingerprint density at radius 2 is 2.14 bits per heavy atom. The lowest BCUT2D eigenvalue weighted by atomic mass is 10.1. The summed E-state index contributed by atoms with van der Waals surface area (Å²) in [5, 5.41) is 9.38. The number of carbonyl (C=O) groups is 1. The van der Waals surface area contributed by atoms with Crippen LogP contribution in [-0.4, -0.2) is 11.1 Å². The summed E-state index contributed by atoms with van der Waals surface area (Å²) in [6.07, 6.45) is 2.09. The maximum Gasteiger partial charge on any atom is 0.331 e. The highest BCUT2D eigenvalue weighted by atomic mass is 35.5. The number of benzene rings is 1. The second kappa shape index (κ2) is 4.82. The summed E-state index contributed by atoms with van der Waals surface area (Å²) in [5.41, 5.74) is 1.10. The van der Waals surface area contributed by atoms with E-state index in [9.17, 15) is 4.79 Å². The fourth-order valence-electron chi connectivity index (χ4n) is 1.09. The lowest BCUT2D eigenvalue weighted by molar-refractivity contribution is -0.132. The number of aliphatic carboxylic acids is 1. The molecule has 0 spiro atoms. The van der Waals surface area contributed by atoms with Gasteiger partial charge in [0.15, 0.2) is 0 Å². The number of carboxylic acids is 1. The average Bonchev–Trinajstić information content (AvgIpc) is 2.16. The van der Waals surface area contributed by atoms with Gasteiger partial charge in [0.2, 0.25) is 0 Å². The third kappa shape index (κ3) is 2.60. The minimum Gasteiger partial charge on any atom is -0.478 e. The third-order valence-electron chi connectivity index (χ3n) is 1.89. The van der Waals surface area contributed by atoms with Gasteiger partial charge < -0.3 is 5.11 Å². The van der Waals surface area contributed by atoms with Crippen molar-refractivity contribution in [2.24, 2.45) is 0 Å². The van der Waals surface area contributed by atoms with Gasteiger partial charge in [-0.25, -0.2) is 4.79 Å². The molecule has 1 rings (SSSR count). The average molecular weight is 211 g/mol. The third-order valence-corrected chi connectivity index (χ3v) is 2.23. The van der Waals surface area contributed by atoms with Crippen LogP contribution in [0.4, 0.5) is 0 Å². The molecule has 0 saturated carbocycles. The number of rotatable bonds is 3. The maximum atomic E-state index is 10.7. The Hall–Kier alpha value is -1.28. The van der Waals surface area contributed by atoms with Crippen LogP contribution in [0.25, 0.3) is 6.08 Å². The standard InChI is InChI=1S/C11H11ClO2/c1-2-8(11(13)14)7-9-5-3-4-6-10(9)12/h3-7H,2H2,1H3,(H,13,14)/b8-7+. The highest BCUT2D eigenvalue weighted by Gasteiger charge is 2.05. The summed E-state index contributed by atoms with van der Waals surface area (Å²) < 4.78 is 0. The van der Waals surface area contributed by atoms with E-state index in [-0.39, 0.29) is 0 Å². The first kappa shape index (κ1) is 10.8. The monoisotopic (exact) mass is 210 g/mol. The molecule has 0 atom stereocenters. The van der Waals surface area contributed by atoms with Gasteiger partial charge in [-0.1, -0.05) is 36.7 Å². The Morgan fingerprint density at radius 3 is 2.64 bits per heavy atom. The van der Waals surface area contributed by atoms with E-state index in [1.54, 1.807) is 25.1 Å². The molecule has 2 nitrogen and oxygen atoms in total. The van der Waals surface area contributed by atoms with Crippen molar-refractivity contribution in [3.8, 4) is 0 Å². The van der Waals surface area contributed by atoms with Crippen LogP contribution in [0.15, 0.2) is 29.8 Å². The molecule has 0 aliphatic rings. The second-order valence-electron chi connectivity index (χ2n) is 2.85. The van der Waals surface area contributed by atoms with Crippen molar-refractivity contribution in [1.82, 2.24) is 0 Å². The molecular formula is C11H11ClO2. The Bertz CT molecular complexity index is 369. The Morgan fingerprint density at radius 1 is 1.50 bits per heavy atom. The molecule has 0 saturated heterocycles.